The number of likely N-dealkylation sites (tertiary alicyclic amines) is 1. The highest BCUT2D eigenvalue weighted by Crippen LogP contribution is 2.19. The molecule has 130 valence electrons. The molecule has 1 amide bonds. The lowest BCUT2D eigenvalue weighted by Gasteiger charge is -2.32. The lowest BCUT2D eigenvalue weighted by Crippen LogP contribution is -2.44. The van der Waals surface area contributed by atoms with Crippen molar-refractivity contribution in [3.05, 3.63) is 54.0 Å². The number of rotatable bonds is 6. The van der Waals surface area contributed by atoms with E-state index in [4.69, 9.17) is 15.6 Å². The molecule has 1 aromatic heterocycles. The van der Waals surface area contributed by atoms with Crippen molar-refractivity contribution in [3.8, 4) is 18.1 Å². The molecule has 0 unspecified atom stereocenters. The number of nitrogens with zero attached hydrogens (tertiary/aromatic N) is 1. The molecule has 1 fully saturated rings. The number of carbonyl (C=O) groups excluding carboxylic acids is 1. The zero-order valence-electron chi connectivity index (χ0n) is 14.1. The Hall–Kier alpha value is -2.71. The van der Waals surface area contributed by atoms with Crippen molar-refractivity contribution in [1.82, 2.24) is 10.2 Å². The fourth-order valence-corrected chi connectivity index (χ4v) is 3.01. The van der Waals surface area contributed by atoms with Crippen LogP contribution in [0.1, 0.15) is 29.0 Å². The molecule has 25 heavy (non-hydrogen) atoms. The minimum Gasteiger partial charge on any atom is -0.481 e. The van der Waals surface area contributed by atoms with E-state index in [1.54, 1.807) is 12.1 Å². The summed E-state index contributed by atoms with van der Waals surface area (Å²) in [6.07, 6.45) is 8.62. The zero-order valence-corrected chi connectivity index (χ0v) is 14.1. The van der Waals surface area contributed by atoms with E-state index in [9.17, 15) is 4.79 Å². The van der Waals surface area contributed by atoms with Crippen molar-refractivity contribution < 1.29 is 13.9 Å². The predicted molar refractivity (Wildman–Crippen MR) is 95.2 cm³/mol. The Morgan fingerprint density at radius 3 is 2.80 bits per heavy atom. The van der Waals surface area contributed by atoms with Crippen molar-refractivity contribution in [1.29, 1.82) is 0 Å². The first-order valence-corrected chi connectivity index (χ1v) is 8.48. The minimum absolute atomic E-state index is 0.0310. The third-order valence-corrected chi connectivity index (χ3v) is 4.38. The summed E-state index contributed by atoms with van der Waals surface area (Å²) in [7, 11) is 0. The number of furan rings is 1. The molecule has 3 rings (SSSR count). The van der Waals surface area contributed by atoms with Crippen LogP contribution in [0, 0.1) is 12.3 Å². The second-order valence-corrected chi connectivity index (χ2v) is 6.03. The van der Waals surface area contributed by atoms with Crippen LogP contribution in [-0.4, -0.2) is 36.5 Å². The van der Waals surface area contributed by atoms with Gasteiger partial charge in [0.1, 0.15) is 12.4 Å². The molecule has 0 saturated carbocycles. The maximum atomic E-state index is 12.3. The fourth-order valence-electron chi connectivity index (χ4n) is 3.01. The van der Waals surface area contributed by atoms with Gasteiger partial charge in [0.2, 0.25) is 0 Å². The highest BCUT2D eigenvalue weighted by Gasteiger charge is 2.24. The van der Waals surface area contributed by atoms with Gasteiger partial charge in [0.05, 0.1) is 6.26 Å². The molecule has 1 aliphatic heterocycles. The van der Waals surface area contributed by atoms with Gasteiger partial charge in [-0.1, -0.05) is 24.1 Å². The Morgan fingerprint density at radius 2 is 2.08 bits per heavy atom. The molecule has 1 aromatic carbocycles. The molecule has 0 atom stereocenters. The average Bonchev–Trinajstić information content (AvgIpc) is 3.20. The number of amides is 1. The molecule has 2 aromatic rings. The number of benzene rings is 1. The molecule has 5 nitrogen and oxygen atoms in total. The van der Waals surface area contributed by atoms with Gasteiger partial charge in [-0.3, -0.25) is 4.79 Å². The van der Waals surface area contributed by atoms with Crippen LogP contribution in [0.25, 0.3) is 0 Å². The second-order valence-electron chi connectivity index (χ2n) is 6.03. The van der Waals surface area contributed by atoms with Crippen LogP contribution in [0.15, 0.2) is 47.1 Å². The number of ether oxygens (including phenoxy) is 1. The van der Waals surface area contributed by atoms with Gasteiger partial charge in [-0.05, 0) is 31.0 Å². The normalized spacial score (nSPS) is 14.9. The summed E-state index contributed by atoms with van der Waals surface area (Å²) in [5, 5.41) is 3.56. The zero-order chi connectivity index (χ0) is 17.5. The number of para-hydroxylation sites is 1. The number of hydrogen-bond donors (Lipinski definition) is 1. The van der Waals surface area contributed by atoms with Gasteiger partial charge in [-0.25, -0.2) is 0 Å². The molecule has 0 spiro atoms. The summed E-state index contributed by atoms with van der Waals surface area (Å²) < 4.78 is 10.8. The Labute approximate surface area is 148 Å². The first kappa shape index (κ1) is 17.1. The van der Waals surface area contributed by atoms with Gasteiger partial charge in [-0.15, -0.1) is 6.42 Å². The summed E-state index contributed by atoms with van der Waals surface area (Å²) in [6, 6.07) is 11.7. The average molecular weight is 338 g/mol. The highest BCUT2D eigenvalue weighted by atomic mass is 16.5. The summed E-state index contributed by atoms with van der Waals surface area (Å²) >= 11 is 0. The minimum atomic E-state index is -0.0310. The van der Waals surface area contributed by atoms with E-state index in [2.05, 4.69) is 11.2 Å². The monoisotopic (exact) mass is 338 g/mol. The van der Waals surface area contributed by atoms with E-state index in [0.717, 1.165) is 43.8 Å². The number of nitrogens with one attached hydrogen (secondary N) is 1. The largest absolute Gasteiger partial charge is 0.481 e. The van der Waals surface area contributed by atoms with Crippen LogP contribution >= 0.6 is 0 Å². The van der Waals surface area contributed by atoms with Crippen LogP contribution in [0.2, 0.25) is 0 Å². The summed E-state index contributed by atoms with van der Waals surface area (Å²) in [5.74, 6) is 3.68. The lowest BCUT2D eigenvalue weighted by atomic mass is 10.0. The number of carbonyl (C=O) groups is 1. The number of piperidine rings is 1. The van der Waals surface area contributed by atoms with E-state index >= 15 is 0 Å². The van der Waals surface area contributed by atoms with E-state index in [1.165, 1.54) is 6.26 Å². The Bertz CT molecular complexity index is 726. The molecule has 5 heteroatoms. The van der Waals surface area contributed by atoms with Crippen LogP contribution in [0.4, 0.5) is 0 Å². The summed E-state index contributed by atoms with van der Waals surface area (Å²) in [5.41, 5.74) is 1.09. The Morgan fingerprint density at radius 1 is 1.28 bits per heavy atom. The topological polar surface area (TPSA) is 54.7 Å². The molecule has 0 bridgehead atoms. The number of terminal acetylenes is 1. The predicted octanol–water partition coefficient (Wildman–Crippen LogP) is 2.69. The van der Waals surface area contributed by atoms with Gasteiger partial charge in [0.25, 0.3) is 5.91 Å². The molecule has 1 N–H and O–H groups in total. The molecular weight excluding hydrogens is 316 g/mol. The Balaban J connectivity index is 1.48. The standard InChI is InChI=1S/C20H22N2O3/c1-2-13-24-18-7-4-3-6-16(18)15-21-17-9-11-22(12-10-17)20(23)19-8-5-14-25-19/h1,3-8,14,17,21H,9-13,15H2. The number of hydrogen-bond acceptors (Lipinski definition) is 4. The van der Waals surface area contributed by atoms with Crippen molar-refractivity contribution in [2.45, 2.75) is 25.4 Å². The van der Waals surface area contributed by atoms with Crippen molar-refractivity contribution >= 4 is 5.91 Å². The van der Waals surface area contributed by atoms with Gasteiger partial charge in [0, 0.05) is 31.2 Å². The van der Waals surface area contributed by atoms with Crippen molar-refractivity contribution in [2.75, 3.05) is 19.7 Å². The third-order valence-electron chi connectivity index (χ3n) is 4.38. The van der Waals surface area contributed by atoms with Gasteiger partial charge < -0.3 is 19.4 Å². The van der Waals surface area contributed by atoms with Crippen LogP contribution in [0.3, 0.4) is 0 Å². The first-order valence-electron chi connectivity index (χ1n) is 8.48. The van der Waals surface area contributed by atoms with E-state index in [1.807, 2.05) is 29.2 Å². The summed E-state index contributed by atoms with van der Waals surface area (Å²) in [4.78, 5) is 14.1. The third kappa shape index (κ3) is 4.43. The molecule has 2 heterocycles. The molecular formula is C20H22N2O3. The van der Waals surface area contributed by atoms with E-state index in [-0.39, 0.29) is 12.5 Å². The quantitative estimate of drug-likeness (QED) is 0.823. The fraction of sp³-hybridized carbons (Fsp3) is 0.350. The van der Waals surface area contributed by atoms with Crippen molar-refractivity contribution in [2.24, 2.45) is 0 Å². The SMILES string of the molecule is C#CCOc1ccccc1CNC1CCN(C(=O)c2ccco2)CC1. The van der Waals surface area contributed by atoms with Gasteiger partial charge >= 0.3 is 0 Å². The summed E-state index contributed by atoms with van der Waals surface area (Å²) in [6.45, 7) is 2.45. The maximum Gasteiger partial charge on any atom is 0.289 e. The lowest BCUT2D eigenvalue weighted by molar-refractivity contribution is 0.0672. The molecule has 1 saturated heterocycles. The van der Waals surface area contributed by atoms with Gasteiger partial charge in [-0.2, -0.15) is 0 Å². The molecule has 1 aliphatic rings. The van der Waals surface area contributed by atoms with Crippen LogP contribution in [0.5, 0.6) is 5.75 Å². The van der Waals surface area contributed by atoms with Crippen molar-refractivity contribution in [3.63, 3.8) is 0 Å². The highest BCUT2D eigenvalue weighted by molar-refractivity contribution is 5.91. The van der Waals surface area contributed by atoms with Crippen LogP contribution < -0.4 is 10.1 Å². The van der Waals surface area contributed by atoms with E-state index < -0.39 is 0 Å². The Kier molecular flexibility index (Phi) is 5.76. The van der Waals surface area contributed by atoms with Gasteiger partial charge in [0.15, 0.2) is 5.76 Å². The smallest absolute Gasteiger partial charge is 0.289 e. The van der Waals surface area contributed by atoms with E-state index in [0.29, 0.717) is 11.8 Å². The first-order chi connectivity index (χ1) is 12.3. The van der Waals surface area contributed by atoms with Crippen LogP contribution in [-0.2, 0) is 6.54 Å². The molecule has 0 radical (unpaired) electrons. The maximum absolute atomic E-state index is 12.3. The second kappa shape index (κ2) is 8.41. The molecule has 0 aliphatic carbocycles.